The number of ether oxygens (including phenoxy) is 1. The number of anilines is 1. The van der Waals surface area contributed by atoms with Crippen LogP contribution in [0.1, 0.15) is 12.5 Å². The van der Waals surface area contributed by atoms with E-state index in [9.17, 15) is 0 Å². The zero-order valence-corrected chi connectivity index (χ0v) is 11.4. The van der Waals surface area contributed by atoms with E-state index in [1.807, 2.05) is 30.3 Å². The first-order valence-electron chi connectivity index (χ1n) is 6.42. The summed E-state index contributed by atoms with van der Waals surface area (Å²) in [4.78, 5) is 0. The van der Waals surface area contributed by atoms with Crippen LogP contribution in [-0.2, 0) is 0 Å². The number of methoxy groups -OCH3 is 1. The van der Waals surface area contributed by atoms with Crippen LogP contribution in [0.25, 0.3) is 5.57 Å². The quantitative estimate of drug-likeness (QED) is 0.861. The molecular formula is C17H19NO. The molecule has 0 fully saturated rings. The molecule has 0 spiro atoms. The minimum absolute atomic E-state index is 0.812. The van der Waals surface area contributed by atoms with Crippen molar-refractivity contribution in [2.75, 3.05) is 19.0 Å². The van der Waals surface area contributed by atoms with E-state index in [4.69, 9.17) is 4.74 Å². The van der Waals surface area contributed by atoms with E-state index in [0.29, 0.717) is 0 Å². The van der Waals surface area contributed by atoms with Gasteiger partial charge in [-0.3, -0.25) is 0 Å². The van der Waals surface area contributed by atoms with Crippen LogP contribution in [0.3, 0.4) is 0 Å². The molecule has 0 aliphatic rings. The monoisotopic (exact) mass is 253 g/mol. The summed E-state index contributed by atoms with van der Waals surface area (Å²) in [5.41, 5.74) is 3.62. The Hall–Kier alpha value is -2.22. The lowest BCUT2D eigenvalue weighted by Gasteiger charge is -2.11. The Balaban J connectivity index is 2.04. The molecule has 0 amide bonds. The smallest absolute Gasteiger partial charge is 0.118 e. The van der Waals surface area contributed by atoms with Crippen molar-refractivity contribution in [1.82, 2.24) is 0 Å². The number of hydrogen-bond donors (Lipinski definition) is 1. The molecule has 2 aromatic rings. The Morgan fingerprint density at radius 3 is 2.32 bits per heavy atom. The van der Waals surface area contributed by atoms with Gasteiger partial charge in [-0.2, -0.15) is 0 Å². The Bertz CT molecular complexity index is 529. The van der Waals surface area contributed by atoms with Crippen molar-refractivity contribution in [3.05, 3.63) is 66.2 Å². The molecular weight excluding hydrogens is 234 g/mol. The highest BCUT2D eigenvalue weighted by molar-refractivity contribution is 5.69. The lowest BCUT2D eigenvalue weighted by molar-refractivity contribution is 0.415. The SMILES string of the molecule is C/C=C(\CNc1ccccc1)c1ccc(OC)cc1. The van der Waals surface area contributed by atoms with Crippen LogP contribution < -0.4 is 10.1 Å². The van der Waals surface area contributed by atoms with Gasteiger partial charge in [0, 0.05) is 12.2 Å². The highest BCUT2D eigenvalue weighted by Crippen LogP contribution is 2.19. The molecule has 0 saturated heterocycles. The minimum atomic E-state index is 0.812. The molecule has 0 unspecified atom stereocenters. The van der Waals surface area contributed by atoms with Crippen molar-refractivity contribution in [2.24, 2.45) is 0 Å². The molecule has 1 N–H and O–H groups in total. The highest BCUT2D eigenvalue weighted by Gasteiger charge is 2.01. The third-order valence-corrected chi connectivity index (χ3v) is 3.07. The molecule has 2 rings (SSSR count). The topological polar surface area (TPSA) is 21.3 Å². The zero-order valence-electron chi connectivity index (χ0n) is 11.4. The van der Waals surface area contributed by atoms with Crippen LogP contribution in [0, 0.1) is 0 Å². The fraction of sp³-hybridized carbons (Fsp3) is 0.176. The summed E-state index contributed by atoms with van der Waals surface area (Å²) in [6.07, 6.45) is 2.14. The van der Waals surface area contributed by atoms with Crippen LogP contribution in [0.5, 0.6) is 5.75 Å². The van der Waals surface area contributed by atoms with Crippen LogP contribution in [0.2, 0.25) is 0 Å². The fourth-order valence-electron chi connectivity index (χ4n) is 1.93. The Morgan fingerprint density at radius 1 is 1.05 bits per heavy atom. The van der Waals surface area contributed by atoms with Crippen molar-refractivity contribution in [2.45, 2.75) is 6.92 Å². The molecule has 0 bridgehead atoms. The maximum Gasteiger partial charge on any atom is 0.118 e. The first-order chi connectivity index (χ1) is 9.33. The van der Waals surface area contributed by atoms with Crippen molar-refractivity contribution >= 4 is 11.3 Å². The van der Waals surface area contributed by atoms with Gasteiger partial charge in [-0.05, 0) is 42.3 Å². The molecule has 2 heteroatoms. The number of nitrogens with one attached hydrogen (secondary N) is 1. The van der Waals surface area contributed by atoms with Gasteiger partial charge in [0.15, 0.2) is 0 Å². The van der Waals surface area contributed by atoms with Gasteiger partial charge < -0.3 is 10.1 Å². The van der Waals surface area contributed by atoms with E-state index in [-0.39, 0.29) is 0 Å². The third-order valence-electron chi connectivity index (χ3n) is 3.07. The first kappa shape index (κ1) is 13.2. The summed E-state index contributed by atoms with van der Waals surface area (Å²) in [5.74, 6) is 0.884. The molecule has 0 aromatic heterocycles. The normalized spacial score (nSPS) is 11.2. The van der Waals surface area contributed by atoms with Gasteiger partial charge in [-0.15, -0.1) is 0 Å². The Labute approximate surface area is 114 Å². The van der Waals surface area contributed by atoms with Crippen molar-refractivity contribution in [1.29, 1.82) is 0 Å². The summed E-state index contributed by atoms with van der Waals surface area (Å²) in [6, 6.07) is 18.4. The average molecular weight is 253 g/mol. The minimum Gasteiger partial charge on any atom is -0.497 e. The van der Waals surface area contributed by atoms with Gasteiger partial charge in [0.25, 0.3) is 0 Å². The molecule has 0 aliphatic carbocycles. The van der Waals surface area contributed by atoms with Crippen LogP contribution in [-0.4, -0.2) is 13.7 Å². The number of para-hydroxylation sites is 1. The second kappa shape index (κ2) is 6.64. The lowest BCUT2D eigenvalue weighted by atomic mass is 10.1. The Morgan fingerprint density at radius 2 is 1.74 bits per heavy atom. The molecule has 0 aliphatic heterocycles. The van der Waals surface area contributed by atoms with E-state index < -0.39 is 0 Å². The van der Waals surface area contributed by atoms with Gasteiger partial charge in [-0.25, -0.2) is 0 Å². The molecule has 0 radical (unpaired) electrons. The second-order valence-corrected chi connectivity index (χ2v) is 4.26. The number of allylic oxidation sites excluding steroid dienone is 1. The van der Waals surface area contributed by atoms with Gasteiger partial charge >= 0.3 is 0 Å². The van der Waals surface area contributed by atoms with E-state index in [0.717, 1.165) is 18.0 Å². The maximum absolute atomic E-state index is 5.18. The number of rotatable bonds is 5. The van der Waals surface area contributed by atoms with E-state index in [1.165, 1.54) is 11.1 Å². The predicted octanol–water partition coefficient (Wildman–Crippen LogP) is 4.21. The summed E-state index contributed by atoms with van der Waals surface area (Å²) >= 11 is 0. The molecule has 0 heterocycles. The molecule has 2 aromatic carbocycles. The zero-order chi connectivity index (χ0) is 13.5. The summed E-state index contributed by atoms with van der Waals surface area (Å²) in [5, 5.41) is 3.42. The Kier molecular flexibility index (Phi) is 4.62. The van der Waals surface area contributed by atoms with Gasteiger partial charge in [0.2, 0.25) is 0 Å². The fourth-order valence-corrected chi connectivity index (χ4v) is 1.93. The molecule has 98 valence electrons. The predicted molar refractivity (Wildman–Crippen MR) is 81.6 cm³/mol. The average Bonchev–Trinajstić information content (AvgIpc) is 2.49. The molecule has 19 heavy (non-hydrogen) atoms. The summed E-state index contributed by atoms with van der Waals surface area (Å²) in [6.45, 7) is 2.87. The van der Waals surface area contributed by atoms with Crippen LogP contribution >= 0.6 is 0 Å². The van der Waals surface area contributed by atoms with Crippen molar-refractivity contribution in [3.8, 4) is 5.75 Å². The van der Waals surface area contributed by atoms with Gasteiger partial charge in [0.05, 0.1) is 7.11 Å². The lowest BCUT2D eigenvalue weighted by Crippen LogP contribution is -2.03. The van der Waals surface area contributed by atoms with E-state index in [2.05, 4.69) is 42.6 Å². The summed E-state index contributed by atoms with van der Waals surface area (Å²) < 4.78 is 5.18. The number of hydrogen-bond acceptors (Lipinski definition) is 2. The van der Waals surface area contributed by atoms with Gasteiger partial charge in [-0.1, -0.05) is 36.4 Å². The largest absolute Gasteiger partial charge is 0.497 e. The van der Waals surface area contributed by atoms with Crippen molar-refractivity contribution < 1.29 is 4.74 Å². The molecule has 0 saturated carbocycles. The van der Waals surface area contributed by atoms with Crippen LogP contribution in [0.4, 0.5) is 5.69 Å². The first-order valence-corrected chi connectivity index (χ1v) is 6.42. The van der Waals surface area contributed by atoms with Crippen LogP contribution in [0.15, 0.2) is 60.7 Å². The van der Waals surface area contributed by atoms with E-state index in [1.54, 1.807) is 7.11 Å². The van der Waals surface area contributed by atoms with Crippen molar-refractivity contribution in [3.63, 3.8) is 0 Å². The standard InChI is InChI=1S/C17H19NO/c1-3-14(13-18-16-7-5-4-6-8-16)15-9-11-17(19-2)12-10-15/h3-12,18H,13H2,1-2H3/b14-3+. The summed E-state index contributed by atoms with van der Waals surface area (Å²) in [7, 11) is 1.68. The second-order valence-electron chi connectivity index (χ2n) is 4.26. The van der Waals surface area contributed by atoms with Gasteiger partial charge in [0.1, 0.15) is 5.75 Å². The highest BCUT2D eigenvalue weighted by atomic mass is 16.5. The third kappa shape index (κ3) is 3.62. The molecule has 2 nitrogen and oxygen atoms in total. The molecule has 0 atom stereocenters. The maximum atomic E-state index is 5.18. The number of benzene rings is 2. The van der Waals surface area contributed by atoms with E-state index >= 15 is 0 Å².